The van der Waals surface area contributed by atoms with E-state index in [9.17, 15) is 14.3 Å². The first kappa shape index (κ1) is 18.0. The number of carboxylic acid groups (broad SMARTS) is 1. The van der Waals surface area contributed by atoms with Gasteiger partial charge >= 0.3 is 5.97 Å². The maximum absolute atomic E-state index is 14.3. The minimum Gasteiger partial charge on any atom is -0.486 e. The van der Waals surface area contributed by atoms with Crippen molar-refractivity contribution >= 4 is 17.2 Å². The molecule has 1 fully saturated rings. The summed E-state index contributed by atoms with van der Waals surface area (Å²) in [6.45, 7) is 2.63. The van der Waals surface area contributed by atoms with Crippen molar-refractivity contribution in [3.8, 4) is 5.75 Å². The van der Waals surface area contributed by atoms with Gasteiger partial charge in [-0.05, 0) is 48.9 Å². The SMILES string of the molecule is CC=C(C(=O)O)c1ccccc1COc1ccc(NCC2CC2)cc1F. The topological polar surface area (TPSA) is 58.6 Å². The number of allylic oxidation sites excluding steroid dienone is 1. The molecule has 1 aliphatic carbocycles. The molecule has 0 saturated heterocycles. The molecule has 1 saturated carbocycles. The van der Waals surface area contributed by atoms with Gasteiger partial charge in [0.15, 0.2) is 11.6 Å². The molecule has 2 aromatic carbocycles. The van der Waals surface area contributed by atoms with Crippen LogP contribution in [0.3, 0.4) is 0 Å². The minimum absolute atomic E-state index is 0.0898. The second-order valence-electron chi connectivity index (χ2n) is 6.42. The van der Waals surface area contributed by atoms with Crippen LogP contribution in [0.25, 0.3) is 5.57 Å². The van der Waals surface area contributed by atoms with E-state index in [1.54, 1.807) is 49.4 Å². The van der Waals surface area contributed by atoms with Crippen LogP contribution in [0.1, 0.15) is 30.9 Å². The number of halogens is 1. The normalized spacial score (nSPS) is 14.2. The summed E-state index contributed by atoms with van der Waals surface area (Å²) in [4.78, 5) is 11.4. The summed E-state index contributed by atoms with van der Waals surface area (Å²) in [5.74, 6) is -0.584. The zero-order chi connectivity index (χ0) is 18.5. The largest absolute Gasteiger partial charge is 0.486 e. The predicted octanol–water partition coefficient (Wildman–Crippen LogP) is 4.71. The molecule has 0 bridgehead atoms. The van der Waals surface area contributed by atoms with E-state index in [4.69, 9.17) is 4.74 Å². The van der Waals surface area contributed by atoms with Gasteiger partial charge in [0.25, 0.3) is 0 Å². The van der Waals surface area contributed by atoms with Gasteiger partial charge in [-0.25, -0.2) is 9.18 Å². The summed E-state index contributed by atoms with van der Waals surface area (Å²) in [5.41, 5.74) is 2.21. The van der Waals surface area contributed by atoms with Crippen molar-refractivity contribution in [1.29, 1.82) is 0 Å². The Morgan fingerprint density at radius 1 is 1.31 bits per heavy atom. The molecule has 0 heterocycles. The highest BCUT2D eigenvalue weighted by Crippen LogP contribution is 2.30. The summed E-state index contributed by atoms with van der Waals surface area (Å²) < 4.78 is 19.9. The number of benzene rings is 2. The number of anilines is 1. The van der Waals surface area contributed by atoms with E-state index in [1.165, 1.54) is 18.9 Å². The molecule has 0 atom stereocenters. The summed E-state index contributed by atoms with van der Waals surface area (Å²) in [6, 6.07) is 11.9. The molecule has 0 aliphatic heterocycles. The molecule has 0 spiro atoms. The Morgan fingerprint density at radius 2 is 2.08 bits per heavy atom. The van der Waals surface area contributed by atoms with Gasteiger partial charge in [0.05, 0.1) is 5.57 Å². The highest BCUT2D eigenvalue weighted by molar-refractivity contribution is 6.15. The number of nitrogens with one attached hydrogen (secondary N) is 1. The Morgan fingerprint density at radius 3 is 2.73 bits per heavy atom. The van der Waals surface area contributed by atoms with Crippen molar-refractivity contribution in [2.24, 2.45) is 5.92 Å². The zero-order valence-corrected chi connectivity index (χ0v) is 14.7. The molecule has 2 aromatic rings. The van der Waals surface area contributed by atoms with Crippen LogP contribution in [0.5, 0.6) is 5.75 Å². The van der Waals surface area contributed by atoms with E-state index in [0.29, 0.717) is 17.0 Å². The van der Waals surface area contributed by atoms with E-state index < -0.39 is 11.8 Å². The third-order valence-corrected chi connectivity index (χ3v) is 4.43. The molecule has 0 amide bonds. The first-order chi connectivity index (χ1) is 12.6. The van der Waals surface area contributed by atoms with Crippen molar-refractivity contribution < 1.29 is 19.0 Å². The summed E-state index contributed by atoms with van der Waals surface area (Å²) in [6.07, 6.45) is 4.02. The predicted molar refractivity (Wildman–Crippen MR) is 99.7 cm³/mol. The Balaban J connectivity index is 1.70. The maximum atomic E-state index is 14.3. The van der Waals surface area contributed by atoms with Crippen molar-refractivity contribution in [2.45, 2.75) is 26.4 Å². The number of carboxylic acids is 1. The number of rotatable bonds is 8. The first-order valence-electron chi connectivity index (χ1n) is 8.72. The Hall–Kier alpha value is -2.82. The molecule has 136 valence electrons. The van der Waals surface area contributed by atoms with E-state index >= 15 is 0 Å². The van der Waals surface area contributed by atoms with Gasteiger partial charge < -0.3 is 15.2 Å². The number of hydrogen-bond acceptors (Lipinski definition) is 3. The molecule has 5 heteroatoms. The highest BCUT2D eigenvalue weighted by atomic mass is 19.1. The molecule has 0 aromatic heterocycles. The summed E-state index contributed by atoms with van der Waals surface area (Å²) in [7, 11) is 0. The third-order valence-electron chi connectivity index (χ3n) is 4.43. The molecule has 26 heavy (non-hydrogen) atoms. The fourth-order valence-corrected chi connectivity index (χ4v) is 2.77. The van der Waals surface area contributed by atoms with Crippen LogP contribution in [0.2, 0.25) is 0 Å². The van der Waals surface area contributed by atoms with E-state index in [1.807, 2.05) is 0 Å². The monoisotopic (exact) mass is 355 g/mol. The number of aliphatic carboxylic acids is 1. The molecular weight excluding hydrogens is 333 g/mol. The Kier molecular flexibility index (Phi) is 5.56. The summed E-state index contributed by atoms with van der Waals surface area (Å²) >= 11 is 0. The lowest BCUT2D eigenvalue weighted by molar-refractivity contribution is -0.130. The van der Waals surface area contributed by atoms with Crippen LogP contribution >= 0.6 is 0 Å². The van der Waals surface area contributed by atoms with E-state index in [2.05, 4.69) is 5.32 Å². The van der Waals surface area contributed by atoms with Crippen molar-refractivity contribution in [3.63, 3.8) is 0 Å². The van der Waals surface area contributed by atoms with Crippen molar-refractivity contribution in [3.05, 3.63) is 65.5 Å². The van der Waals surface area contributed by atoms with E-state index in [0.717, 1.165) is 12.2 Å². The van der Waals surface area contributed by atoms with Crippen LogP contribution in [-0.4, -0.2) is 17.6 Å². The van der Waals surface area contributed by atoms with Gasteiger partial charge in [0.2, 0.25) is 0 Å². The van der Waals surface area contributed by atoms with E-state index in [-0.39, 0.29) is 17.9 Å². The third kappa shape index (κ3) is 4.42. The van der Waals surface area contributed by atoms with Gasteiger partial charge in [-0.3, -0.25) is 0 Å². The average Bonchev–Trinajstić information content (AvgIpc) is 3.45. The molecule has 2 N–H and O–H groups in total. The van der Waals surface area contributed by atoms with Crippen molar-refractivity contribution in [1.82, 2.24) is 0 Å². The molecule has 4 nitrogen and oxygen atoms in total. The average molecular weight is 355 g/mol. The minimum atomic E-state index is -1.00. The van der Waals surface area contributed by atoms with Crippen LogP contribution in [-0.2, 0) is 11.4 Å². The Labute approximate surface area is 152 Å². The van der Waals surface area contributed by atoms with Crippen LogP contribution in [0.4, 0.5) is 10.1 Å². The molecule has 0 unspecified atom stereocenters. The van der Waals surface area contributed by atoms with Crippen LogP contribution in [0.15, 0.2) is 48.5 Å². The molecular formula is C21H22FNO3. The zero-order valence-electron chi connectivity index (χ0n) is 14.7. The van der Waals surface area contributed by atoms with Crippen molar-refractivity contribution in [2.75, 3.05) is 11.9 Å². The fourth-order valence-electron chi connectivity index (χ4n) is 2.77. The first-order valence-corrected chi connectivity index (χ1v) is 8.72. The smallest absolute Gasteiger partial charge is 0.335 e. The molecule has 1 aliphatic rings. The van der Waals surface area contributed by atoms with Gasteiger partial charge in [-0.1, -0.05) is 30.3 Å². The lowest BCUT2D eigenvalue weighted by atomic mass is 10.00. The van der Waals surface area contributed by atoms with Gasteiger partial charge in [0, 0.05) is 18.3 Å². The van der Waals surface area contributed by atoms with Gasteiger partial charge in [0.1, 0.15) is 6.61 Å². The fraction of sp³-hybridized carbons (Fsp3) is 0.286. The maximum Gasteiger partial charge on any atom is 0.335 e. The summed E-state index contributed by atoms with van der Waals surface area (Å²) in [5, 5.41) is 12.6. The highest BCUT2D eigenvalue weighted by Gasteiger charge is 2.20. The lowest BCUT2D eigenvalue weighted by Gasteiger charge is -2.13. The molecule has 3 rings (SSSR count). The second kappa shape index (κ2) is 8.04. The lowest BCUT2D eigenvalue weighted by Crippen LogP contribution is -2.06. The molecule has 0 radical (unpaired) electrons. The van der Waals surface area contributed by atoms with Gasteiger partial charge in [-0.2, -0.15) is 0 Å². The van der Waals surface area contributed by atoms with Gasteiger partial charge in [-0.15, -0.1) is 0 Å². The Bertz CT molecular complexity index is 828. The standard InChI is InChI=1S/C21H22FNO3/c1-2-17(21(24)25)18-6-4-3-5-15(18)13-26-20-10-9-16(11-19(20)22)23-12-14-7-8-14/h2-6,9-11,14,23H,7-8,12-13H2,1H3,(H,24,25). The number of hydrogen-bond donors (Lipinski definition) is 2. The quantitative estimate of drug-likeness (QED) is 0.673. The second-order valence-corrected chi connectivity index (χ2v) is 6.42. The van der Waals surface area contributed by atoms with Crippen LogP contribution in [0, 0.1) is 11.7 Å². The van der Waals surface area contributed by atoms with Crippen LogP contribution < -0.4 is 10.1 Å². The number of carbonyl (C=O) groups is 1. The number of ether oxygens (including phenoxy) is 1.